The predicted molar refractivity (Wildman–Crippen MR) is 215 cm³/mol. The molecule has 9 N–H and O–H groups in total. The Hall–Kier alpha value is -1.43. The van der Waals surface area contributed by atoms with E-state index in [1.54, 1.807) is 0 Å². The fraction of sp³-hybridized carbons (Fsp3) is 0.933. The average molecular weight is 899 g/mol. The largest absolute Gasteiger partial charge is 0.479 e. The van der Waals surface area contributed by atoms with Gasteiger partial charge in [-0.25, -0.2) is 4.79 Å². The Morgan fingerprint density at radius 3 is 2.06 bits per heavy atom. The van der Waals surface area contributed by atoms with Crippen LogP contribution in [0, 0.1) is 46.3 Å². The summed E-state index contributed by atoms with van der Waals surface area (Å²) >= 11 is 0. The smallest absolute Gasteiger partial charge is 0.335 e. The third-order valence-electron chi connectivity index (χ3n) is 17.2. The summed E-state index contributed by atoms with van der Waals surface area (Å²) in [5.74, 6) is 0.338. The van der Waals surface area contributed by atoms with Gasteiger partial charge in [-0.2, -0.15) is 0 Å². The third-order valence-corrected chi connectivity index (χ3v) is 17.2. The van der Waals surface area contributed by atoms with Gasteiger partial charge in [0.25, 0.3) is 0 Å². The van der Waals surface area contributed by atoms with Crippen LogP contribution in [-0.2, 0) is 42.7 Å². The molecule has 5 heterocycles. The monoisotopic (exact) mass is 898 g/mol. The molecule has 63 heavy (non-hydrogen) atoms. The number of aliphatic carboxylic acids is 1. The molecular weight excluding hydrogens is 828 g/mol. The van der Waals surface area contributed by atoms with Gasteiger partial charge in [0.15, 0.2) is 25.0 Å². The molecular formula is C45H70O18. The van der Waals surface area contributed by atoms with E-state index in [-0.39, 0.29) is 35.4 Å². The molecule has 358 valence electrons. The Morgan fingerprint density at radius 2 is 1.37 bits per heavy atom. The highest BCUT2D eigenvalue weighted by molar-refractivity contribution is 5.73. The first-order valence-electron chi connectivity index (χ1n) is 23.4. The topological polar surface area (TPSA) is 276 Å². The second-order valence-corrected chi connectivity index (χ2v) is 21.2. The Bertz CT molecular complexity index is 1680. The zero-order valence-corrected chi connectivity index (χ0v) is 36.8. The molecule has 26 atom stereocenters. The van der Waals surface area contributed by atoms with E-state index >= 15 is 0 Å². The molecule has 5 aliphatic heterocycles. The van der Waals surface area contributed by atoms with Gasteiger partial charge in [-0.1, -0.05) is 46.3 Å². The summed E-state index contributed by atoms with van der Waals surface area (Å²) in [4.78, 5) is 12.3. The van der Waals surface area contributed by atoms with Crippen LogP contribution < -0.4 is 0 Å². The summed E-state index contributed by atoms with van der Waals surface area (Å²) in [6.07, 6.45) is -17.4. The van der Waals surface area contributed by atoms with Crippen molar-refractivity contribution in [3.05, 3.63) is 11.6 Å². The molecule has 0 aromatic rings. The number of epoxide rings is 1. The molecule has 9 aliphatic rings. The highest BCUT2D eigenvalue weighted by atomic mass is 16.8. The number of hydrogen-bond acceptors (Lipinski definition) is 17. The molecule has 8 fully saturated rings. The Balaban J connectivity index is 1.06. The summed E-state index contributed by atoms with van der Waals surface area (Å²) in [7, 11) is 0. The van der Waals surface area contributed by atoms with Crippen LogP contribution in [0.1, 0.15) is 86.0 Å². The lowest BCUT2D eigenvalue weighted by Gasteiger charge is -2.60. The second kappa shape index (κ2) is 17.6. The van der Waals surface area contributed by atoms with E-state index in [2.05, 4.69) is 40.7 Å². The highest BCUT2D eigenvalue weighted by Crippen LogP contribution is 2.68. The number of allylic oxidation sites excluding steroid dienone is 1. The lowest BCUT2D eigenvalue weighted by atomic mass is 9.47. The number of carbonyl (C=O) groups is 1. The number of rotatable bonds is 6. The zero-order valence-electron chi connectivity index (χ0n) is 36.8. The number of aliphatic hydroxyl groups is 8. The number of fused-ring (bicyclic) bond motifs is 9. The average Bonchev–Trinajstić information content (AvgIpc) is 3.91. The van der Waals surface area contributed by atoms with Gasteiger partial charge in [-0.05, 0) is 97.7 Å². The van der Waals surface area contributed by atoms with Crippen LogP contribution in [0.25, 0.3) is 0 Å². The normalized spacial score (nSPS) is 55.1. The molecule has 4 unspecified atom stereocenters. The van der Waals surface area contributed by atoms with Crippen LogP contribution in [0.15, 0.2) is 11.6 Å². The van der Waals surface area contributed by atoms with Gasteiger partial charge in [0.05, 0.1) is 37.6 Å². The Labute approximate surface area is 367 Å². The predicted octanol–water partition coefficient (Wildman–Crippen LogP) is -0.0428. The summed E-state index contributed by atoms with van der Waals surface area (Å²) < 4.78 is 49.7. The molecule has 18 heteroatoms. The van der Waals surface area contributed by atoms with Crippen molar-refractivity contribution < 1.29 is 88.6 Å². The van der Waals surface area contributed by atoms with Crippen LogP contribution in [0.3, 0.4) is 0 Å². The van der Waals surface area contributed by atoms with Crippen molar-refractivity contribution in [1.82, 2.24) is 0 Å². The Morgan fingerprint density at radius 1 is 0.698 bits per heavy atom. The van der Waals surface area contributed by atoms with Gasteiger partial charge < -0.3 is 83.9 Å². The molecule has 4 bridgehead atoms. The minimum atomic E-state index is -2.01. The van der Waals surface area contributed by atoms with Crippen molar-refractivity contribution in [2.75, 3.05) is 13.2 Å². The fourth-order valence-electron chi connectivity index (χ4n) is 13.7. The summed E-state index contributed by atoms with van der Waals surface area (Å²) in [6.45, 7) is 10.6. The standard InChI is InChI=1S/C45H70O18/c1-17(2)12-26-36(58-26)18(3)21-6-7-22-20-14-25-24-13-19(8-10-45(24,5)23(20)9-11-44(21,22)4)57-42-39(34(52)33(51)37(61-42)40(54)55)63-43-38(32(50)29(47)27(15-46)59-43)62-41-35(53)31(49)30(48)28(60-41)16-56-25/h14,17-19,21-39,41-43,46-53H,6-13,15-16H2,1-5H3,(H,54,55)/t18?,19-,21+,22?,23?,24?,25+,26-,27+,28-,29-,30+,31-,32-,33-,34-,35+,36-,37-,38+,39+,41-,42+,43-,44+,45+/m0/s1. The number of carboxylic acids is 1. The van der Waals surface area contributed by atoms with Crippen LogP contribution in [-0.4, -0.2) is 182 Å². The van der Waals surface area contributed by atoms with Crippen molar-refractivity contribution in [3.8, 4) is 0 Å². The van der Waals surface area contributed by atoms with Crippen LogP contribution in [0.2, 0.25) is 0 Å². The van der Waals surface area contributed by atoms with Crippen molar-refractivity contribution in [1.29, 1.82) is 0 Å². The van der Waals surface area contributed by atoms with E-state index in [1.807, 2.05) is 0 Å². The van der Waals surface area contributed by atoms with E-state index in [4.69, 9.17) is 37.9 Å². The van der Waals surface area contributed by atoms with Gasteiger partial charge in [-0.15, -0.1) is 0 Å². The quantitative estimate of drug-likeness (QED) is 0.125. The molecule has 0 amide bonds. The first kappa shape index (κ1) is 46.7. The van der Waals surface area contributed by atoms with Gasteiger partial charge in [0, 0.05) is 0 Å². The van der Waals surface area contributed by atoms with Gasteiger partial charge in [0.2, 0.25) is 0 Å². The summed E-state index contributed by atoms with van der Waals surface area (Å²) in [6, 6.07) is 0. The van der Waals surface area contributed by atoms with Gasteiger partial charge in [-0.3, -0.25) is 0 Å². The maximum absolute atomic E-state index is 12.3. The SMILES string of the molecule is CC(C)C[C@@H]1O[C@H]1C(C)[C@H]1CCC2C3=C[C@H]4OC[C@@H]5O[C@@H](O[C@H]6[C@H](O[C@H]7[C@H](O[C@H]8CC[C@](C)(C3CC[C@@]21C)C4C8)O[C@H](C(=O)O)[C@@H](O)[C@@H]7O)O[C@H](CO)[C@H](O)[C@@H]6O)[C@H](O)[C@@H](O)[C@@H]5O. The third kappa shape index (κ3) is 8.06. The molecule has 3 saturated carbocycles. The van der Waals surface area contributed by atoms with Crippen LogP contribution in [0.5, 0.6) is 0 Å². The van der Waals surface area contributed by atoms with E-state index in [1.165, 1.54) is 5.57 Å². The van der Waals surface area contributed by atoms with Gasteiger partial charge in [0.1, 0.15) is 67.1 Å². The van der Waals surface area contributed by atoms with E-state index in [9.17, 15) is 50.8 Å². The maximum Gasteiger partial charge on any atom is 0.335 e. The Kier molecular flexibility index (Phi) is 13.0. The molecule has 0 spiro atoms. The first-order chi connectivity index (χ1) is 29.9. The van der Waals surface area contributed by atoms with E-state index < -0.39 is 117 Å². The lowest BCUT2D eigenvalue weighted by Crippen LogP contribution is -2.67. The van der Waals surface area contributed by atoms with Gasteiger partial charge >= 0.3 is 5.97 Å². The number of ether oxygens (including phenoxy) is 8. The number of carboxylic acid groups (broad SMARTS) is 1. The first-order valence-corrected chi connectivity index (χ1v) is 23.4. The van der Waals surface area contributed by atoms with Crippen LogP contribution in [0.4, 0.5) is 0 Å². The van der Waals surface area contributed by atoms with Crippen molar-refractivity contribution >= 4 is 5.97 Å². The van der Waals surface area contributed by atoms with E-state index in [0.29, 0.717) is 49.0 Å². The highest BCUT2D eigenvalue weighted by Gasteiger charge is 2.63. The van der Waals surface area contributed by atoms with Crippen LogP contribution >= 0.6 is 0 Å². The molecule has 4 aliphatic carbocycles. The summed E-state index contributed by atoms with van der Waals surface area (Å²) in [5.41, 5.74) is 1.17. The number of hydrogen-bond donors (Lipinski definition) is 9. The molecule has 18 nitrogen and oxygen atoms in total. The van der Waals surface area contributed by atoms with Crippen molar-refractivity contribution in [2.45, 2.75) is 203 Å². The van der Waals surface area contributed by atoms with Crippen molar-refractivity contribution in [2.24, 2.45) is 46.3 Å². The molecule has 0 aromatic carbocycles. The minimum absolute atomic E-state index is 0.0564. The second-order valence-electron chi connectivity index (χ2n) is 21.2. The number of aliphatic hydroxyl groups excluding tert-OH is 8. The lowest BCUT2D eigenvalue weighted by molar-refractivity contribution is -0.395. The molecule has 9 rings (SSSR count). The zero-order chi connectivity index (χ0) is 45.0. The maximum atomic E-state index is 12.3. The molecule has 0 radical (unpaired) electrons. The van der Waals surface area contributed by atoms with Crippen molar-refractivity contribution in [3.63, 3.8) is 0 Å². The molecule has 0 aromatic heterocycles. The molecule has 5 saturated heterocycles. The fourth-order valence-corrected chi connectivity index (χ4v) is 13.7. The summed E-state index contributed by atoms with van der Waals surface area (Å²) in [5, 5.41) is 98.4. The minimum Gasteiger partial charge on any atom is -0.479 e. The van der Waals surface area contributed by atoms with E-state index in [0.717, 1.165) is 32.1 Å².